The quantitative estimate of drug-likeness (QED) is 0.665. The Bertz CT molecular complexity index is 315. The highest BCUT2D eigenvalue weighted by Crippen LogP contribution is 1.98. The van der Waals surface area contributed by atoms with Gasteiger partial charge in [-0.15, -0.1) is 0 Å². The van der Waals surface area contributed by atoms with Crippen LogP contribution in [0.3, 0.4) is 0 Å². The van der Waals surface area contributed by atoms with Crippen molar-refractivity contribution in [2.75, 3.05) is 0 Å². The van der Waals surface area contributed by atoms with E-state index >= 15 is 0 Å². The Labute approximate surface area is 72.1 Å². The summed E-state index contributed by atoms with van der Waals surface area (Å²) in [5.74, 6) is 0. The number of aryl methyl sites for hydroxylation is 1. The lowest BCUT2D eigenvalue weighted by molar-refractivity contribution is 0.567. The molecule has 1 aromatic rings. The zero-order chi connectivity index (χ0) is 9.14. The van der Waals surface area contributed by atoms with Crippen molar-refractivity contribution in [3.8, 4) is 0 Å². The Balaban J connectivity index is 3.24. The lowest BCUT2D eigenvalue weighted by Gasteiger charge is -2.09. The van der Waals surface area contributed by atoms with Crippen LogP contribution in [0.1, 0.15) is 32.5 Å². The molecule has 0 aliphatic heterocycles. The van der Waals surface area contributed by atoms with Crippen LogP contribution >= 0.6 is 0 Å². The molecule has 0 bridgehead atoms. The first kappa shape index (κ1) is 8.97. The van der Waals surface area contributed by atoms with Gasteiger partial charge in [0.15, 0.2) is 0 Å². The average Bonchev–Trinajstić information content (AvgIpc) is 2.04. The zero-order valence-corrected chi connectivity index (χ0v) is 7.74. The van der Waals surface area contributed by atoms with Crippen molar-refractivity contribution < 1.29 is 0 Å². The molecule has 0 atom stereocenters. The minimum atomic E-state index is 0.0370. The summed E-state index contributed by atoms with van der Waals surface area (Å²) in [5.41, 5.74) is 0.682. The summed E-state index contributed by atoms with van der Waals surface area (Å²) in [7, 11) is 0. The van der Waals surface area contributed by atoms with Gasteiger partial charge in [0.2, 0.25) is 0 Å². The highest BCUT2D eigenvalue weighted by Gasteiger charge is 2.03. The van der Waals surface area contributed by atoms with E-state index in [-0.39, 0.29) is 11.6 Å². The van der Waals surface area contributed by atoms with E-state index < -0.39 is 0 Å². The molecule has 3 heteroatoms. The van der Waals surface area contributed by atoms with Crippen LogP contribution in [0.15, 0.2) is 17.2 Å². The van der Waals surface area contributed by atoms with Crippen molar-refractivity contribution in [3.05, 3.63) is 28.4 Å². The predicted molar refractivity (Wildman–Crippen MR) is 48.3 cm³/mol. The van der Waals surface area contributed by atoms with Crippen LogP contribution in [0.25, 0.3) is 0 Å². The van der Waals surface area contributed by atoms with Crippen LogP contribution in [0.4, 0.5) is 0 Å². The van der Waals surface area contributed by atoms with Crippen molar-refractivity contribution in [1.82, 2.24) is 9.55 Å². The van der Waals surface area contributed by atoms with E-state index in [1.54, 1.807) is 17.0 Å². The zero-order valence-electron chi connectivity index (χ0n) is 7.74. The summed E-state index contributed by atoms with van der Waals surface area (Å²) in [6.07, 6.45) is 4.11. The molecular weight excluding hydrogens is 152 g/mol. The second-order valence-corrected chi connectivity index (χ2v) is 3.03. The van der Waals surface area contributed by atoms with E-state index in [0.29, 0.717) is 12.1 Å². The molecule has 0 N–H and O–H groups in total. The molecule has 0 spiro atoms. The maximum atomic E-state index is 11.5. The molecule has 3 nitrogen and oxygen atoms in total. The molecule has 0 saturated heterocycles. The molecule has 0 unspecified atom stereocenters. The maximum Gasteiger partial charge on any atom is 0.272 e. The third-order valence-electron chi connectivity index (χ3n) is 1.83. The molecule has 0 saturated carbocycles. The number of hydrogen-bond donors (Lipinski definition) is 0. The van der Waals surface area contributed by atoms with Crippen molar-refractivity contribution in [1.29, 1.82) is 0 Å². The van der Waals surface area contributed by atoms with Gasteiger partial charge in [0.25, 0.3) is 5.56 Å². The van der Waals surface area contributed by atoms with Gasteiger partial charge in [-0.2, -0.15) is 0 Å². The summed E-state index contributed by atoms with van der Waals surface area (Å²) in [6, 6.07) is 0.214. The largest absolute Gasteiger partial charge is 0.310 e. The van der Waals surface area contributed by atoms with E-state index in [4.69, 9.17) is 0 Å². The first-order valence-electron chi connectivity index (χ1n) is 4.22. The molecule has 0 radical (unpaired) electrons. The van der Waals surface area contributed by atoms with Crippen LogP contribution in [0.5, 0.6) is 0 Å². The molecular formula is C9H14N2O. The molecule has 1 heterocycles. The van der Waals surface area contributed by atoms with E-state index in [1.807, 2.05) is 20.8 Å². The summed E-state index contributed by atoms with van der Waals surface area (Å²) >= 11 is 0. The predicted octanol–water partition coefficient (Wildman–Crippen LogP) is 1.39. The van der Waals surface area contributed by atoms with E-state index in [1.165, 1.54) is 0 Å². The summed E-state index contributed by atoms with van der Waals surface area (Å²) in [6.45, 7) is 5.91. The van der Waals surface area contributed by atoms with E-state index in [9.17, 15) is 4.79 Å². The lowest BCUT2D eigenvalue weighted by atomic mass is 10.3. The fraction of sp³-hybridized carbons (Fsp3) is 0.556. The van der Waals surface area contributed by atoms with Crippen LogP contribution in [0, 0.1) is 0 Å². The molecule has 12 heavy (non-hydrogen) atoms. The second-order valence-electron chi connectivity index (χ2n) is 3.03. The highest BCUT2D eigenvalue weighted by molar-refractivity contribution is 4.98. The molecule has 1 rings (SSSR count). The maximum absolute atomic E-state index is 11.5. The molecule has 0 aliphatic carbocycles. The van der Waals surface area contributed by atoms with Crippen molar-refractivity contribution in [2.45, 2.75) is 33.2 Å². The smallest absolute Gasteiger partial charge is 0.272 e. The van der Waals surface area contributed by atoms with Gasteiger partial charge < -0.3 is 4.57 Å². The van der Waals surface area contributed by atoms with Crippen molar-refractivity contribution in [2.24, 2.45) is 0 Å². The van der Waals surface area contributed by atoms with Gasteiger partial charge in [0.05, 0.1) is 0 Å². The Kier molecular flexibility index (Phi) is 2.63. The summed E-state index contributed by atoms with van der Waals surface area (Å²) in [5, 5.41) is 0. The molecule has 0 amide bonds. The van der Waals surface area contributed by atoms with Crippen molar-refractivity contribution >= 4 is 0 Å². The topological polar surface area (TPSA) is 34.9 Å². The Morgan fingerprint density at radius 2 is 2.25 bits per heavy atom. The fourth-order valence-electron chi connectivity index (χ4n) is 1.12. The third kappa shape index (κ3) is 1.55. The van der Waals surface area contributed by atoms with Gasteiger partial charge in [0.1, 0.15) is 5.69 Å². The van der Waals surface area contributed by atoms with E-state index in [0.717, 1.165) is 0 Å². The summed E-state index contributed by atoms with van der Waals surface area (Å²) < 4.78 is 1.70. The minimum Gasteiger partial charge on any atom is -0.310 e. The Morgan fingerprint density at radius 3 is 2.75 bits per heavy atom. The average molecular weight is 166 g/mol. The first-order chi connectivity index (χ1) is 5.66. The van der Waals surface area contributed by atoms with E-state index in [2.05, 4.69) is 4.98 Å². The second kappa shape index (κ2) is 3.52. The minimum absolute atomic E-state index is 0.0370. The van der Waals surface area contributed by atoms with Crippen LogP contribution < -0.4 is 5.56 Å². The first-order valence-corrected chi connectivity index (χ1v) is 4.22. The number of aromatic nitrogens is 2. The molecule has 66 valence electrons. The number of rotatable bonds is 2. The third-order valence-corrected chi connectivity index (χ3v) is 1.83. The standard InChI is InChI=1S/C9H14N2O/c1-4-8-9(12)11(7(2)3)6-5-10-8/h5-7H,4H2,1-3H3. The van der Waals surface area contributed by atoms with Crippen LogP contribution in [-0.4, -0.2) is 9.55 Å². The molecule has 0 fully saturated rings. The SMILES string of the molecule is CCc1nccn(C(C)C)c1=O. The van der Waals surface area contributed by atoms with Crippen molar-refractivity contribution in [3.63, 3.8) is 0 Å². The lowest BCUT2D eigenvalue weighted by Crippen LogP contribution is -2.25. The number of hydrogen-bond acceptors (Lipinski definition) is 2. The fourth-order valence-corrected chi connectivity index (χ4v) is 1.12. The molecule has 0 aliphatic rings. The van der Waals surface area contributed by atoms with Crippen LogP contribution in [-0.2, 0) is 6.42 Å². The Morgan fingerprint density at radius 1 is 1.58 bits per heavy atom. The molecule has 0 aromatic carbocycles. The van der Waals surface area contributed by atoms with Gasteiger partial charge in [-0.3, -0.25) is 9.78 Å². The van der Waals surface area contributed by atoms with Gasteiger partial charge in [-0.1, -0.05) is 6.92 Å². The van der Waals surface area contributed by atoms with Gasteiger partial charge in [0, 0.05) is 18.4 Å². The van der Waals surface area contributed by atoms with Crippen LogP contribution in [0.2, 0.25) is 0 Å². The highest BCUT2D eigenvalue weighted by atomic mass is 16.1. The van der Waals surface area contributed by atoms with Gasteiger partial charge >= 0.3 is 0 Å². The van der Waals surface area contributed by atoms with Gasteiger partial charge in [-0.25, -0.2) is 0 Å². The normalized spacial score (nSPS) is 10.7. The monoisotopic (exact) mass is 166 g/mol. The Hall–Kier alpha value is -1.12. The summed E-state index contributed by atoms with van der Waals surface area (Å²) in [4.78, 5) is 15.5. The van der Waals surface area contributed by atoms with Gasteiger partial charge in [-0.05, 0) is 20.3 Å². The number of nitrogens with zero attached hydrogens (tertiary/aromatic N) is 2. The molecule has 1 aromatic heterocycles.